The number of imide groups is 2. The number of benzene rings is 4. The Morgan fingerprint density at radius 1 is 0.350 bits per heavy atom. The van der Waals surface area contributed by atoms with Gasteiger partial charge in [-0.25, -0.2) is 9.80 Å². The molecule has 0 radical (unpaired) electrons. The van der Waals surface area contributed by atoms with E-state index in [-0.39, 0.29) is 24.3 Å². The third-order valence-corrected chi connectivity index (χ3v) is 11.4. The monoisotopic (exact) mass is 816 g/mol. The lowest BCUT2D eigenvalue weighted by Gasteiger charge is -2.14. The van der Waals surface area contributed by atoms with E-state index in [1.165, 1.54) is 74.0 Å². The van der Waals surface area contributed by atoms with Crippen molar-refractivity contribution in [1.29, 1.82) is 0 Å². The fraction of sp³-hybridized carbons (Fsp3) is 0.440. The number of carbonyl (C=O) groups is 4. The zero-order valence-corrected chi connectivity index (χ0v) is 34.9. The number of amides is 4. The number of ether oxygens (including phenoxy) is 2. The highest BCUT2D eigenvalue weighted by Gasteiger charge is 2.39. The van der Waals surface area contributed by atoms with Gasteiger partial charge in [-0.15, -0.1) is 0 Å². The first kappa shape index (κ1) is 44.2. The van der Waals surface area contributed by atoms with Gasteiger partial charge in [0.05, 0.1) is 46.8 Å². The van der Waals surface area contributed by atoms with Crippen LogP contribution in [0, 0.1) is 0 Å². The Kier molecular flexibility index (Phi) is 16.9. The minimum Gasteiger partial charge on any atom is -0.494 e. The van der Waals surface area contributed by atoms with E-state index >= 15 is 0 Å². The Hall–Kier alpha value is -5.32. The number of hydrogen-bond acceptors (Lipinski definition) is 8. The van der Waals surface area contributed by atoms with Gasteiger partial charge in [0.1, 0.15) is 11.5 Å². The molecule has 0 bridgehead atoms. The van der Waals surface area contributed by atoms with E-state index in [1.807, 2.05) is 0 Å². The summed E-state index contributed by atoms with van der Waals surface area (Å²) in [6.45, 7) is 1.77. The van der Waals surface area contributed by atoms with Crippen molar-refractivity contribution in [2.24, 2.45) is 0 Å². The number of carbonyl (C=O) groups excluding carboxylic acids is 4. The number of unbranched alkanes of at least 4 members (excludes halogenated alkanes) is 16. The second kappa shape index (κ2) is 22.9. The summed E-state index contributed by atoms with van der Waals surface area (Å²) in [5, 5.41) is 17.7. The predicted molar refractivity (Wildman–Crippen MR) is 235 cm³/mol. The number of rotatable bonds is 27. The van der Waals surface area contributed by atoms with Crippen LogP contribution in [-0.4, -0.2) is 60.3 Å². The van der Waals surface area contributed by atoms with Crippen molar-refractivity contribution in [1.82, 2.24) is 0 Å². The number of aliphatic hydroxyl groups excluding tert-OH is 2. The van der Waals surface area contributed by atoms with E-state index in [2.05, 4.69) is 0 Å². The molecule has 2 heterocycles. The number of aliphatic hydroxyl groups is 2. The predicted octanol–water partition coefficient (Wildman–Crippen LogP) is 10.7. The second-order valence-electron chi connectivity index (χ2n) is 15.9. The van der Waals surface area contributed by atoms with Crippen LogP contribution >= 0.6 is 0 Å². The van der Waals surface area contributed by atoms with Crippen molar-refractivity contribution in [3.63, 3.8) is 0 Å². The summed E-state index contributed by atoms with van der Waals surface area (Å²) in [4.78, 5) is 56.6. The Morgan fingerprint density at radius 2 is 0.650 bits per heavy atom. The zero-order valence-electron chi connectivity index (χ0n) is 34.9. The van der Waals surface area contributed by atoms with Crippen LogP contribution in [-0.2, 0) is 0 Å². The van der Waals surface area contributed by atoms with Crippen molar-refractivity contribution in [2.45, 2.75) is 116 Å². The van der Waals surface area contributed by atoms with Crippen LogP contribution < -0.4 is 19.3 Å². The molecule has 6 rings (SSSR count). The molecular formula is C50H60N2O8. The van der Waals surface area contributed by atoms with Gasteiger partial charge < -0.3 is 19.7 Å². The molecule has 0 saturated heterocycles. The quantitative estimate of drug-likeness (QED) is 0.0449. The van der Waals surface area contributed by atoms with Gasteiger partial charge in [0.2, 0.25) is 0 Å². The van der Waals surface area contributed by atoms with Crippen LogP contribution in [0.4, 0.5) is 11.4 Å². The Labute approximate surface area is 354 Å². The van der Waals surface area contributed by atoms with Gasteiger partial charge >= 0.3 is 0 Å². The maximum atomic E-state index is 13.7. The fourth-order valence-corrected chi connectivity index (χ4v) is 7.98. The van der Waals surface area contributed by atoms with Crippen LogP contribution in [0.3, 0.4) is 0 Å². The molecule has 0 saturated carbocycles. The molecule has 2 aliphatic heterocycles. The van der Waals surface area contributed by atoms with Crippen LogP contribution in [0.2, 0.25) is 0 Å². The van der Waals surface area contributed by atoms with Gasteiger partial charge in [-0.05, 0) is 110 Å². The van der Waals surface area contributed by atoms with E-state index < -0.39 is 23.6 Å². The number of anilines is 2. The minimum atomic E-state index is -0.429. The summed E-state index contributed by atoms with van der Waals surface area (Å²) in [5.74, 6) is -0.303. The van der Waals surface area contributed by atoms with Crippen LogP contribution in [0.5, 0.6) is 11.5 Å². The van der Waals surface area contributed by atoms with Gasteiger partial charge in [-0.1, -0.05) is 102 Å². The lowest BCUT2D eigenvalue weighted by atomic mass is 9.97. The third-order valence-electron chi connectivity index (χ3n) is 11.4. The summed E-state index contributed by atoms with van der Waals surface area (Å²) in [6, 6.07) is 24.1. The summed E-state index contributed by atoms with van der Waals surface area (Å²) < 4.78 is 11.9. The highest BCUT2D eigenvalue weighted by atomic mass is 16.5. The van der Waals surface area contributed by atoms with Gasteiger partial charge in [-0.2, -0.15) is 0 Å². The molecule has 0 spiro atoms. The highest BCUT2D eigenvalue weighted by Crippen LogP contribution is 2.36. The first-order chi connectivity index (χ1) is 29.4. The Balaban J connectivity index is 0.979. The maximum Gasteiger partial charge on any atom is 0.266 e. The van der Waals surface area contributed by atoms with Gasteiger partial charge in [0.15, 0.2) is 0 Å². The molecular weight excluding hydrogens is 757 g/mol. The molecule has 4 amide bonds. The zero-order chi connectivity index (χ0) is 42.1. The average molecular weight is 817 g/mol. The molecule has 0 aromatic heterocycles. The van der Waals surface area contributed by atoms with Crippen LogP contribution in [0.1, 0.15) is 157 Å². The van der Waals surface area contributed by atoms with Crippen molar-refractivity contribution in [3.8, 4) is 22.6 Å². The molecule has 4 aromatic rings. The smallest absolute Gasteiger partial charge is 0.266 e. The molecule has 2 aliphatic rings. The van der Waals surface area contributed by atoms with Crippen molar-refractivity contribution in [3.05, 3.63) is 107 Å². The summed E-state index contributed by atoms with van der Waals surface area (Å²) in [6.07, 6.45) is 20.2. The molecule has 60 heavy (non-hydrogen) atoms. The topological polar surface area (TPSA) is 134 Å². The molecule has 2 N–H and O–H groups in total. The minimum absolute atomic E-state index is 0.274. The standard InChI is InChI=1S/C50H60N2O8/c53-31-15-11-7-3-1-5-9-13-17-33-59-41-25-21-39(22-26-41)51-47(55)43-29-19-37(35-45(43)49(51)57)38-20-30-44-46(36-38)50(58)52(48(44)56)40-23-27-42(28-24-40)60-34-18-14-10-6-2-4-8-12-16-32-54/h19-30,35-36,53-54H,1-18,31-34H2. The normalized spacial score (nSPS) is 13.4. The largest absolute Gasteiger partial charge is 0.494 e. The number of hydrogen-bond donors (Lipinski definition) is 2. The third kappa shape index (κ3) is 11.5. The molecule has 0 atom stereocenters. The van der Waals surface area contributed by atoms with Gasteiger partial charge in [-0.3, -0.25) is 19.2 Å². The molecule has 0 aliphatic carbocycles. The van der Waals surface area contributed by atoms with Crippen molar-refractivity contribution >= 4 is 35.0 Å². The van der Waals surface area contributed by atoms with Crippen LogP contribution in [0.25, 0.3) is 11.1 Å². The van der Waals surface area contributed by atoms with Crippen LogP contribution in [0.15, 0.2) is 84.9 Å². The fourth-order valence-electron chi connectivity index (χ4n) is 7.98. The lowest BCUT2D eigenvalue weighted by Crippen LogP contribution is -2.29. The molecule has 4 aromatic carbocycles. The molecule has 318 valence electrons. The van der Waals surface area contributed by atoms with Crippen molar-refractivity contribution in [2.75, 3.05) is 36.2 Å². The van der Waals surface area contributed by atoms with Gasteiger partial charge in [0, 0.05) is 13.2 Å². The first-order valence-electron chi connectivity index (χ1n) is 22.1. The molecule has 0 fully saturated rings. The summed E-state index contributed by atoms with van der Waals surface area (Å²) in [5.41, 5.74) is 3.37. The highest BCUT2D eigenvalue weighted by molar-refractivity contribution is 6.35. The molecule has 0 unspecified atom stereocenters. The molecule has 10 nitrogen and oxygen atoms in total. The Morgan fingerprint density at radius 3 is 0.983 bits per heavy atom. The number of nitrogens with zero attached hydrogens (tertiary/aromatic N) is 2. The number of fused-ring (bicyclic) bond motifs is 2. The molecule has 10 heteroatoms. The second-order valence-corrected chi connectivity index (χ2v) is 15.9. The summed E-state index contributed by atoms with van der Waals surface area (Å²) in [7, 11) is 0. The van der Waals surface area contributed by atoms with E-state index in [4.69, 9.17) is 19.7 Å². The van der Waals surface area contributed by atoms with Gasteiger partial charge in [0.25, 0.3) is 23.6 Å². The van der Waals surface area contributed by atoms with Crippen molar-refractivity contribution < 1.29 is 38.9 Å². The SMILES string of the molecule is O=C1c2ccc(-c3ccc4c(c3)C(=O)N(c3ccc(OCCCCCCCCCCCO)cc3)C4=O)cc2C(=O)N1c1ccc(OCCCCCCCCCCCO)cc1. The van der Waals surface area contributed by atoms with E-state index in [0.717, 1.165) is 51.4 Å². The average Bonchev–Trinajstić information content (AvgIpc) is 3.67. The van der Waals surface area contributed by atoms with E-state index in [0.29, 0.717) is 58.3 Å². The van der Waals surface area contributed by atoms with E-state index in [9.17, 15) is 19.2 Å². The summed E-state index contributed by atoms with van der Waals surface area (Å²) >= 11 is 0. The maximum absolute atomic E-state index is 13.7. The Bertz CT molecular complexity index is 1900. The van der Waals surface area contributed by atoms with E-state index in [1.54, 1.807) is 84.9 Å². The first-order valence-corrected chi connectivity index (χ1v) is 22.1. The lowest BCUT2D eigenvalue weighted by molar-refractivity contribution is 0.0910.